The maximum absolute atomic E-state index is 10.6. The Morgan fingerprint density at radius 2 is 2.46 bits per heavy atom. The van der Waals surface area contributed by atoms with Gasteiger partial charge in [0.15, 0.2) is 0 Å². The first-order valence-electron chi connectivity index (χ1n) is 5.16. The van der Waals surface area contributed by atoms with Crippen LogP contribution >= 0.6 is 0 Å². The van der Waals surface area contributed by atoms with Crippen molar-refractivity contribution in [3.63, 3.8) is 0 Å². The van der Waals surface area contributed by atoms with Gasteiger partial charge in [0, 0.05) is 6.42 Å². The van der Waals surface area contributed by atoms with Gasteiger partial charge in [0.25, 0.3) is 0 Å². The van der Waals surface area contributed by atoms with Crippen LogP contribution in [0.3, 0.4) is 0 Å². The smallest absolute Gasteiger partial charge is 0.303 e. The van der Waals surface area contributed by atoms with Crippen LogP contribution < -0.4 is 5.32 Å². The Kier molecular flexibility index (Phi) is 4.22. The molecule has 0 unspecified atom stereocenters. The molecular weight excluding hydrogens is 166 g/mol. The number of hydrogen-bond acceptors (Lipinski definition) is 2. The summed E-state index contributed by atoms with van der Waals surface area (Å²) in [6.07, 6.45) is 3.71. The molecule has 0 aromatic rings. The molecule has 0 aromatic heterocycles. The number of piperidine rings is 1. The van der Waals surface area contributed by atoms with Gasteiger partial charge in [0.1, 0.15) is 0 Å². The van der Waals surface area contributed by atoms with Gasteiger partial charge >= 0.3 is 5.97 Å². The van der Waals surface area contributed by atoms with Crippen LogP contribution in [-0.2, 0) is 4.79 Å². The third kappa shape index (κ3) is 3.35. The van der Waals surface area contributed by atoms with E-state index in [4.69, 9.17) is 5.11 Å². The predicted molar refractivity (Wildman–Crippen MR) is 51.6 cm³/mol. The van der Waals surface area contributed by atoms with Crippen molar-refractivity contribution in [2.75, 3.05) is 13.1 Å². The van der Waals surface area contributed by atoms with Crippen LogP contribution in [0.4, 0.5) is 0 Å². The van der Waals surface area contributed by atoms with Gasteiger partial charge in [-0.3, -0.25) is 4.79 Å². The Labute approximate surface area is 79.5 Å². The summed E-state index contributed by atoms with van der Waals surface area (Å²) in [7, 11) is 0. The molecule has 0 radical (unpaired) electrons. The van der Waals surface area contributed by atoms with Gasteiger partial charge in [-0.25, -0.2) is 0 Å². The molecule has 0 amide bonds. The molecule has 1 heterocycles. The highest BCUT2D eigenvalue weighted by Crippen LogP contribution is 2.25. The summed E-state index contributed by atoms with van der Waals surface area (Å²) in [4.78, 5) is 10.6. The largest absolute Gasteiger partial charge is 0.481 e. The monoisotopic (exact) mass is 185 g/mol. The second kappa shape index (κ2) is 5.22. The molecule has 13 heavy (non-hydrogen) atoms. The maximum atomic E-state index is 10.6. The zero-order chi connectivity index (χ0) is 9.68. The third-order valence-electron chi connectivity index (χ3n) is 2.96. The van der Waals surface area contributed by atoms with Gasteiger partial charge in [-0.1, -0.05) is 13.3 Å². The van der Waals surface area contributed by atoms with Gasteiger partial charge in [0.05, 0.1) is 0 Å². The highest BCUT2D eigenvalue weighted by Gasteiger charge is 2.23. The topological polar surface area (TPSA) is 49.3 Å². The van der Waals surface area contributed by atoms with E-state index in [0.29, 0.717) is 18.3 Å². The maximum Gasteiger partial charge on any atom is 0.303 e. The molecule has 1 saturated heterocycles. The normalized spacial score (nSPS) is 25.5. The van der Waals surface area contributed by atoms with E-state index in [9.17, 15) is 4.79 Å². The first-order chi connectivity index (χ1) is 6.24. The van der Waals surface area contributed by atoms with E-state index < -0.39 is 5.97 Å². The van der Waals surface area contributed by atoms with Gasteiger partial charge in [-0.15, -0.1) is 0 Å². The van der Waals surface area contributed by atoms with Crippen LogP contribution in [0.5, 0.6) is 0 Å². The first-order valence-corrected chi connectivity index (χ1v) is 5.16. The Hall–Kier alpha value is -0.570. The molecule has 3 nitrogen and oxygen atoms in total. The van der Waals surface area contributed by atoms with Crippen molar-refractivity contribution >= 4 is 5.97 Å². The molecule has 2 N–H and O–H groups in total. The molecule has 1 fully saturated rings. The van der Waals surface area contributed by atoms with Crippen molar-refractivity contribution in [3.8, 4) is 0 Å². The number of carboxylic acid groups (broad SMARTS) is 1. The van der Waals surface area contributed by atoms with Crippen LogP contribution in [0.1, 0.15) is 32.6 Å². The fourth-order valence-electron chi connectivity index (χ4n) is 2.15. The second-order valence-corrected chi connectivity index (χ2v) is 3.87. The van der Waals surface area contributed by atoms with Crippen molar-refractivity contribution in [2.24, 2.45) is 11.8 Å². The molecule has 3 heteroatoms. The number of nitrogens with one attached hydrogen (secondary N) is 1. The van der Waals surface area contributed by atoms with Crippen molar-refractivity contribution < 1.29 is 9.90 Å². The Balaban J connectivity index is 2.39. The van der Waals surface area contributed by atoms with Crippen molar-refractivity contribution in [3.05, 3.63) is 0 Å². The lowest BCUT2D eigenvalue weighted by Gasteiger charge is -2.29. The molecule has 0 saturated carbocycles. The third-order valence-corrected chi connectivity index (χ3v) is 2.96. The highest BCUT2D eigenvalue weighted by molar-refractivity contribution is 5.67. The van der Waals surface area contributed by atoms with Crippen LogP contribution in [0.25, 0.3) is 0 Å². The summed E-state index contributed by atoms with van der Waals surface area (Å²) < 4.78 is 0. The minimum Gasteiger partial charge on any atom is -0.481 e. The van der Waals surface area contributed by atoms with E-state index in [1.165, 1.54) is 12.8 Å². The van der Waals surface area contributed by atoms with Crippen LogP contribution in [0, 0.1) is 11.8 Å². The average Bonchev–Trinajstić information content (AvgIpc) is 2.15. The molecule has 0 aliphatic carbocycles. The minimum absolute atomic E-state index is 0.336. The summed E-state index contributed by atoms with van der Waals surface area (Å²) in [5.41, 5.74) is 0. The lowest BCUT2D eigenvalue weighted by molar-refractivity contribution is -0.138. The number of rotatable bonds is 4. The van der Waals surface area contributed by atoms with Crippen molar-refractivity contribution in [2.45, 2.75) is 32.6 Å². The summed E-state index contributed by atoms with van der Waals surface area (Å²) in [5.74, 6) is 0.289. The highest BCUT2D eigenvalue weighted by atomic mass is 16.4. The summed E-state index contributed by atoms with van der Waals surface area (Å²) in [6.45, 7) is 4.19. The van der Waals surface area contributed by atoms with E-state index in [1.54, 1.807) is 0 Å². The predicted octanol–water partition coefficient (Wildman–Crippen LogP) is 1.49. The Morgan fingerprint density at radius 3 is 2.92 bits per heavy atom. The number of aliphatic carboxylic acids is 1. The van der Waals surface area contributed by atoms with Crippen molar-refractivity contribution in [1.29, 1.82) is 0 Å². The molecule has 0 bridgehead atoms. The SMILES string of the molecule is CC[C@H](CC(=O)O)[C@@H]1CCCNC1. The standard InChI is InChI=1S/C10H19NO2/c1-2-8(6-10(12)13)9-4-3-5-11-7-9/h8-9,11H,2-7H2,1H3,(H,12,13)/t8-,9-/m1/s1. The molecule has 1 aliphatic heterocycles. The molecule has 1 rings (SSSR count). The average molecular weight is 185 g/mol. The lowest BCUT2D eigenvalue weighted by atomic mass is 9.82. The summed E-state index contributed by atoms with van der Waals surface area (Å²) in [5, 5.41) is 12.1. The van der Waals surface area contributed by atoms with E-state index in [2.05, 4.69) is 12.2 Å². The van der Waals surface area contributed by atoms with Crippen molar-refractivity contribution in [1.82, 2.24) is 5.32 Å². The quantitative estimate of drug-likeness (QED) is 0.697. The van der Waals surface area contributed by atoms with Gasteiger partial charge in [-0.2, -0.15) is 0 Å². The molecular formula is C10H19NO2. The van der Waals surface area contributed by atoms with Gasteiger partial charge in [0.2, 0.25) is 0 Å². The Bertz CT molecular complexity index is 164. The molecule has 2 atom stereocenters. The van der Waals surface area contributed by atoms with E-state index in [1.807, 2.05) is 0 Å². The van der Waals surface area contributed by atoms with Crippen LogP contribution in [0.2, 0.25) is 0 Å². The molecule has 0 spiro atoms. The zero-order valence-corrected chi connectivity index (χ0v) is 8.25. The van der Waals surface area contributed by atoms with E-state index in [0.717, 1.165) is 19.5 Å². The van der Waals surface area contributed by atoms with Gasteiger partial charge in [-0.05, 0) is 37.8 Å². The molecule has 0 aromatic carbocycles. The van der Waals surface area contributed by atoms with E-state index >= 15 is 0 Å². The zero-order valence-electron chi connectivity index (χ0n) is 8.25. The number of carboxylic acids is 1. The van der Waals surface area contributed by atoms with Crippen LogP contribution in [-0.4, -0.2) is 24.2 Å². The first kappa shape index (κ1) is 10.5. The number of hydrogen-bond donors (Lipinski definition) is 2. The lowest BCUT2D eigenvalue weighted by Crippen LogP contribution is -2.34. The molecule has 1 aliphatic rings. The number of carbonyl (C=O) groups is 1. The fourth-order valence-corrected chi connectivity index (χ4v) is 2.15. The summed E-state index contributed by atoms with van der Waals surface area (Å²) >= 11 is 0. The van der Waals surface area contributed by atoms with E-state index in [-0.39, 0.29) is 0 Å². The Morgan fingerprint density at radius 1 is 1.69 bits per heavy atom. The summed E-state index contributed by atoms with van der Waals surface area (Å²) in [6, 6.07) is 0. The molecule has 76 valence electrons. The van der Waals surface area contributed by atoms with Gasteiger partial charge < -0.3 is 10.4 Å². The second-order valence-electron chi connectivity index (χ2n) is 3.87. The van der Waals surface area contributed by atoms with Crippen LogP contribution in [0.15, 0.2) is 0 Å². The fraction of sp³-hybridized carbons (Fsp3) is 0.900. The minimum atomic E-state index is -0.655.